The lowest BCUT2D eigenvalue weighted by atomic mass is 9.97. The van der Waals surface area contributed by atoms with E-state index in [4.69, 9.17) is 0 Å². The number of nitrogens with zero attached hydrogens (tertiary/aromatic N) is 6. The Morgan fingerprint density at radius 1 is 1.39 bits per heavy atom. The van der Waals surface area contributed by atoms with E-state index >= 15 is 0 Å². The van der Waals surface area contributed by atoms with Crippen LogP contribution in [0, 0.1) is 5.92 Å². The first kappa shape index (κ1) is 15.5. The van der Waals surface area contributed by atoms with Crippen molar-refractivity contribution in [2.45, 2.75) is 25.9 Å². The quantitative estimate of drug-likeness (QED) is 0.841. The van der Waals surface area contributed by atoms with E-state index in [0.717, 1.165) is 18.5 Å². The number of hydrogen-bond donors (Lipinski definition) is 0. The van der Waals surface area contributed by atoms with Crippen LogP contribution in [0.25, 0.3) is 0 Å². The smallest absolute Gasteiger partial charge is 0.227 e. The van der Waals surface area contributed by atoms with Crippen molar-refractivity contribution < 1.29 is 4.79 Å². The van der Waals surface area contributed by atoms with E-state index < -0.39 is 0 Å². The second-order valence-electron chi connectivity index (χ2n) is 6.21. The molecule has 0 aromatic carbocycles. The summed E-state index contributed by atoms with van der Waals surface area (Å²) in [5.74, 6) is 0.829. The number of aryl methyl sites for hydroxylation is 1. The molecule has 0 saturated carbocycles. The van der Waals surface area contributed by atoms with Crippen LogP contribution < -0.4 is 4.90 Å². The lowest BCUT2D eigenvalue weighted by Crippen LogP contribution is -2.37. The summed E-state index contributed by atoms with van der Waals surface area (Å²) in [6.07, 6.45) is 7.20. The molecule has 1 aliphatic rings. The molecule has 1 aliphatic heterocycles. The summed E-state index contributed by atoms with van der Waals surface area (Å²) in [5, 5.41) is 0. The number of anilines is 1. The summed E-state index contributed by atoms with van der Waals surface area (Å²) in [4.78, 5) is 29.1. The van der Waals surface area contributed by atoms with Gasteiger partial charge in [-0.3, -0.25) is 4.79 Å². The maximum absolute atomic E-state index is 12.7. The summed E-state index contributed by atoms with van der Waals surface area (Å²) in [5.41, 5.74) is 2.06. The number of carbonyl (C=O) groups excluding carboxylic acids is 1. The van der Waals surface area contributed by atoms with Crippen LogP contribution in [0.3, 0.4) is 0 Å². The maximum Gasteiger partial charge on any atom is 0.227 e. The van der Waals surface area contributed by atoms with E-state index in [9.17, 15) is 4.79 Å². The van der Waals surface area contributed by atoms with Crippen LogP contribution in [0.15, 0.2) is 24.8 Å². The second-order valence-corrected chi connectivity index (χ2v) is 6.21. The van der Waals surface area contributed by atoms with Gasteiger partial charge in [0.15, 0.2) is 0 Å². The average Bonchev–Trinajstić information content (AvgIpc) is 3.01. The Kier molecular flexibility index (Phi) is 4.27. The summed E-state index contributed by atoms with van der Waals surface area (Å²) in [6.45, 7) is 1.21. The number of imidazole rings is 1. The van der Waals surface area contributed by atoms with Gasteiger partial charge in [0.2, 0.25) is 11.9 Å². The van der Waals surface area contributed by atoms with Crippen molar-refractivity contribution in [2.24, 2.45) is 5.92 Å². The largest absolute Gasteiger partial charge is 0.347 e. The van der Waals surface area contributed by atoms with Crippen LogP contribution in [-0.2, 0) is 24.3 Å². The van der Waals surface area contributed by atoms with Crippen molar-refractivity contribution in [1.82, 2.24) is 24.4 Å². The van der Waals surface area contributed by atoms with Gasteiger partial charge in [0, 0.05) is 45.8 Å². The number of aromatic nitrogens is 4. The van der Waals surface area contributed by atoms with Crippen LogP contribution in [0.4, 0.5) is 5.95 Å². The second kappa shape index (κ2) is 6.36. The zero-order chi connectivity index (χ0) is 16.4. The minimum atomic E-state index is 0.0110. The number of hydrogen-bond acceptors (Lipinski definition) is 5. The van der Waals surface area contributed by atoms with Crippen LogP contribution >= 0.6 is 0 Å². The molecule has 0 spiro atoms. The number of fused-ring (bicyclic) bond motifs is 1. The van der Waals surface area contributed by atoms with E-state index in [1.54, 1.807) is 11.1 Å². The van der Waals surface area contributed by atoms with Gasteiger partial charge in [-0.1, -0.05) is 0 Å². The zero-order valence-corrected chi connectivity index (χ0v) is 13.8. The van der Waals surface area contributed by atoms with Crippen molar-refractivity contribution in [1.29, 1.82) is 0 Å². The predicted octanol–water partition coefficient (Wildman–Crippen LogP) is 0.960. The van der Waals surface area contributed by atoms with Gasteiger partial charge in [-0.25, -0.2) is 15.0 Å². The fraction of sp³-hybridized carbons (Fsp3) is 0.500. The van der Waals surface area contributed by atoms with E-state index in [1.165, 1.54) is 5.69 Å². The Morgan fingerprint density at radius 3 is 3.00 bits per heavy atom. The fourth-order valence-corrected chi connectivity index (χ4v) is 2.89. The molecule has 1 unspecified atom stereocenters. The number of amides is 1. The van der Waals surface area contributed by atoms with Crippen LogP contribution in [0.5, 0.6) is 0 Å². The van der Waals surface area contributed by atoms with Gasteiger partial charge in [0.05, 0.1) is 24.5 Å². The van der Waals surface area contributed by atoms with Gasteiger partial charge in [0.1, 0.15) is 0 Å². The highest BCUT2D eigenvalue weighted by molar-refractivity contribution is 5.78. The minimum absolute atomic E-state index is 0.0110. The van der Waals surface area contributed by atoms with Crippen LogP contribution in [0.2, 0.25) is 0 Å². The van der Waals surface area contributed by atoms with Gasteiger partial charge < -0.3 is 14.4 Å². The highest BCUT2D eigenvalue weighted by Crippen LogP contribution is 2.21. The molecule has 1 amide bonds. The molecule has 0 bridgehead atoms. The van der Waals surface area contributed by atoms with Gasteiger partial charge >= 0.3 is 0 Å². The summed E-state index contributed by atoms with van der Waals surface area (Å²) >= 11 is 0. The number of rotatable bonds is 4. The van der Waals surface area contributed by atoms with Crippen molar-refractivity contribution in [2.75, 3.05) is 26.0 Å². The third-order valence-corrected chi connectivity index (χ3v) is 4.19. The topological polar surface area (TPSA) is 67.2 Å². The lowest BCUT2D eigenvalue weighted by Gasteiger charge is -2.27. The van der Waals surface area contributed by atoms with Crippen molar-refractivity contribution >= 4 is 11.9 Å². The van der Waals surface area contributed by atoms with Gasteiger partial charge in [0.25, 0.3) is 0 Å². The zero-order valence-electron chi connectivity index (χ0n) is 13.8. The first-order valence-corrected chi connectivity index (χ1v) is 7.78. The lowest BCUT2D eigenvalue weighted by molar-refractivity contribution is -0.135. The minimum Gasteiger partial charge on any atom is -0.347 e. The van der Waals surface area contributed by atoms with E-state index in [1.807, 2.05) is 44.6 Å². The maximum atomic E-state index is 12.7. The molecule has 122 valence electrons. The Bertz CT molecular complexity index is 695. The molecule has 7 nitrogen and oxygen atoms in total. The Hall–Kier alpha value is -2.44. The molecule has 0 saturated heterocycles. The molecule has 1 atom stereocenters. The van der Waals surface area contributed by atoms with Crippen LogP contribution in [0.1, 0.15) is 17.8 Å². The molecule has 3 rings (SSSR count). The van der Waals surface area contributed by atoms with Gasteiger partial charge in [-0.05, 0) is 18.9 Å². The summed E-state index contributed by atoms with van der Waals surface area (Å²) in [7, 11) is 5.64. The van der Waals surface area contributed by atoms with Crippen molar-refractivity contribution in [3.8, 4) is 0 Å². The molecule has 2 aromatic rings. The Morgan fingerprint density at radius 2 is 2.22 bits per heavy atom. The Balaban J connectivity index is 1.65. The highest BCUT2D eigenvalue weighted by atomic mass is 16.2. The molecular formula is C16H22N6O. The van der Waals surface area contributed by atoms with E-state index in [2.05, 4.69) is 19.5 Å². The first-order chi connectivity index (χ1) is 11.0. The summed E-state index contributed by atoms with van der Waals surface area (Å²) in [6, 6.07) is 1.85. The third kappa shape index (κ3) is 3.33. The normalized spacial score (nSPS) is 16.7. The molecule has 0 aliphatic carbocycles. The van der Waals surface area contributed by atoms with Crippen molar-refractivity contribution in [3.05, 3.63) is 36.2 Å². The SMILES string of the molecule is CN(Cc1ccnc(N(C)C)n1)C(=O)C1CCc2cncn2C1. The molecular weight excluding hydrogens is 292 g/mol. The van der Waals surface area contributed by atoms with E-state index in [-0.39, 0.29) is 11.8 Å². The third-order valence-electron chi connectivity index (χ3n) is 4.19. The predicted molar refractivity (Wildman–Crippen MR) is 86.9 cm³/mol. The van der Waals surface area contributed by atoms with Gasteiger partial charge in [-0.2, -0.15) is 0 Å². The standard InChI is InChI=1S/C16H22N6O/c1-20(2)16-18-7-6-13(19-16)10-21(3)15(23)12-4-5-14-8-17-11-22(14)9-12/h6-8,11-12H,4-5,9-10H2,1-3H3. The molecule has 2 aromatic heterocycles. The van der Waals surface area contributed by atoms with E-state index in [0.29, 0.717) is 19.0 Å². The van der Waals surface area contributed by atoms with Gasteiger partial charge in [-0.15, -0.1) is 0 Å². The van der Waals surface area contributed by atoms with Crippen LogP contribution in [-0.4, -0.2) is 51.5 Å². The first-order valence-electron chi connectivity index (χ1n) is 7.78. The van der Waals surface area contributed by atoms with Crippen molar-refractivity contribution in [3.63, 3.8) is 0 Å². The molecule has 3 heterocycles. The fourth-order valence-electron chi connectivity index (χ4n) is 2.89. The highest BCUT2D eigenvalue weighted by Gasteiger charge is 2.27. The molecule has 23 heavy (non-hydrogen) atoms. The Labute approximate surface area is 136 Å². The summed E-state index contributed by atoms with van der Waals surface area (Å²) < 4.78 is 2.08. The monoisotopic (exact) mass is 314 g/mol. The number of carbonyl (C=O) groups is 1. The molecule has 0 radical (unpaired) electrons. The molecule has 7 heteroatoms. The average molecular weight is 314 g/mol. The molecule has 0 N–H and O–H groups in total. The molecule has 0 fully saturated rings.